The van der Waals surface area contributed by atoms with Gasteiger partial charge in [0.05, 0.1) is 11.3 Å². The number of halogens is 1. The second kappa shape index (κ2) is 3.20. The van der Waals surface area contributed by atoms with Gasteiger partial charge in [-0.2, -0.15) is 0 Å². The third-order valence-corrected chi connectivity index (χ3v) is 3.27. The van der Waals surface area contributed by atoms with Crippen LogP contribution in [0.15, 0.2) is 6.07 Å². The highest BCUT2D eigenvalue weighted by molar-refractivity contribution is 6.32. The number of carbonyl (C=O) groups excluding carboxylic acids is 1. The Kier molecular flexibility index (Phi) is 2.23. The zero-order chi connectivity index (χ0) is 11.2. The molecular weight excluding hydrogens is 212 g/mol. The summed E-state index contributed by atoms with van der Waals surface area (Å²) in [4.78, 5) is 15.4. The van der Waals surface area contributed by atoms with E-state index in [1.807, 2.05) is 0 Å². The van der Waals surface area contributed by atoms with Crippen LogP contribution in [0.2, 0.25) is 5.15 Å². The maximum absolute atomic E-state index is 11.1. The lowest BCUT2D eigenvalue weighted by Crippen LogP contribution is -2.17. The molecule has 0 saturated carbocycles. The number of amides is 1. The van der Waals surface area contributed by atoms with E-state index in [4.69, 9.17) is 17.3 Å². The van der Waals surface area contributed by atoms with Crippen molar-refractivity contribution in [3.63, 3.8) is 0 Å². The van der Waals surface area contributed by atoms with Crippen molar-refractivity contribution in [3.8, 4) is 0 Å². The number of nitrogens with two attached hydrogens (primary N) is 1. The summed E-state index contributed by atoms with van der Waals surface area (Å²) in [5.74, 6) is -0.514. The largest absolute Gasteiger partial charge is 0.366 e. The smallest absolute Gasteiger partial charge is 0.251 e. The molecule has 1 aromatic rings. The van der Waals surface area contributed by atoms with Crippen molar-refractivity contribution in [1.82, 2.24) is 4.98 Å². The van der Waals surface area contributed by atoms with Gasteiger partial charge in [-0.3, -0.25) is 4.79 Å². The Hall–Kier alpha value is -1.09. The van der Waals surface area contributed by atoms with Gasteiger partial charge in [-0.15, -0.1) is 0 Å². The van der Waals surface area contributed by atoms with E-state index in [0.717, 1.165) is 24.1 Å². The van der Waals surface area contributed by atoms with Crippen LogP contribution in [-0.4, -0.2) is 10.9 Å². The SMILES string of the molecule is CC1(C)CCc2cc(C(N)=O)c(Cl)nc21. The minimum Gasteiger partial charge on any atom is -0.366 e. The number of rotatable bonds is 1. The minimum absolute atomic E-state index is 0.0507. The number of fused-ring (bicyclic) bond motifs is 1. The van der Waals surface area contributed by atoms with Crippen LogP contribution in [0.3, 0.4) is 0 Å². The second-order valence-electron chi connectivity index (χ2n) is 4.58. The summed E-state index contributed by atoms with van der Waals surface area (Å²) in [7, 11) is 0. The first kappa shape index (κ1) is 10.4. The average molecular weight is 225 g/mol. The number of nitrogens with zero attached hydrogens (tertiary/aromatic N) is 1. The fourth-order valence-corrected chi connectivity index (χ4v) is 2.28. The molecule has 2 rings (SSSR count). The van der Waals surface area contributed by atoms with E-state index >= 15 is 0 Å². The second-order valence-corrected chi connectivity index (χ2v) is 4.94. The quantitative estimate of drug-likeness (QED) is 0.743. The lowest BCUT2D eigenvalue weighted by Gasteiger charge is -2.17. The van der Waals surface area contributed by atoms with Gasteiger partial charge in [0.2, 0.25) is 0 Å². The van der Waals surface area contributed by atoms with Gasteiger partial charge in [0.1, 0.15) is 5.15 Å². The van der Waals surface area contributed by atoms with Gasteiger partial charge in [-0.1, -0.05) is 25.4 Å². The molecule has 0 aromatic carbocycles. The van der Waals surface area contributed by atoms with Crippen LogP contribution in [0, 0.1) is 0 Å². The van der Waals surface area contributed by atoms with Crippen LogP contribution >= 0.6 is 11.6 Å². The third-order valence-electron chi connectivity index (χ3n) is 2.98. The molecule has 0 atom stereocenters. The first-order valence-corrected chi connectivity index (χ1v) is 5.29. The molecule has 0 unspecified atom stereocenters. The summed E-state index contributed by atoms with van der Waals surface area (Å²) in [5.41, 5.74) is 7.68. The normalized spacial score (nSPS) is 17.5. The van der Waals surface area contributed by atoms with E-state index < -0.39 is 5.91 Å². The summed E-state index contributed by atoms with van der Waals surface area (Å²) < 4.78 is 0. The topological polar surface area (TPSA) is 56.0 Å². The molecule has 0 spiro atoms. The molecule has 15 heavy (non-hydrogen) atoms. The molecule has 0 radical (unpaired) electrons. The summed E-state index contributed by atoms with van der Waals surface area (Å²) in [5, 5.41) is 0.219. The van der Waals surface area contributed by atoms with Gasteiger partial charge in [0, 0.05) is 5.41 Å². The van der Waals surface area contributed by atoms with Crippen LogP contribution in [0.1, 0.15) is 41.9 Å². The Morgan fingerprint density at radius 2 is 2.27 bits per heavy atom. The zero-order valence-electron chi connectivity index (χ0n) is 8.80. The highest BCUT2D eigenvalue weighted by atomic mass is 35.5. The summed E-state index contributed by atoms with van der Waals surface area (Å²) in [6.07, 6.45) is 1.97. The molecule has 1 aliphatic rings. The highest BCUT2D eigenvalue weighted by Crippen LogP contribution is 2.38. The third kappa shape index (κ3) is 1.61. The molecule has 1 heterocycles. The maximum atomic E-state index is 11.1. The fourth-order valence-electron chi connectivity index (χ4n) is 2.05. The maximum Gasteiger partial charge on any atom is 0.251 e. The van der Waals surface area contributed by atoms with E-state index in [9.17, 15) is 4.79 Å². The summed E-state index contributed by atoms with van der Waals surface area (Å²) in [6.45, 7) is 4.26. The van der Waals surface area contributed by atoms with Crippen LogP contribution in [0.4, 0.5) is 0 Å². The van der Waals surface area contributed by atoms with Crippen molar-refractivity contribution in [2.75, 3.05) is 0 Å². The number of hydrogen-bond acceptors (Lipinski definition) is 2. The van der Waals surface area contributed by atoms with E-state index in [2.05, 4.69) is 18.8 Å². The van der Waals surface area contributed by atoms with Gasteiger partial charge < -0.3 is 5.73 Å². The predicted molar refractivity (Wildman–Crippen MR) is 59.1 cm³/mol. The van der Waals surface area contributed by atoms with E-state index in [0.29, 0.717) is 5.56 Å². The van der Waals surface area contributed by atoms with Crippen molar-refractivity contribution in [1.29, 1.82) is 0 Å². The Morgan fingerprint density at radius 1 is 1.60 bits per heavy atom. The van der Waals surface area contributed by atoms with Crippen LogP contribution in [0.25, 0.3) is 0 Å². The monoisotopic (exact) mass is 224 g/mol. The molecule has 4 heteroatoms. The molecule has 3 nitrogen and oxygen atoms in total. The molecule has 0 aliphatic heterocycles. The number of primary amides is 1. The molecule has 1 aliphatic carbocycles. The highest BCUT2D eigenvalue weighted by Gasteiger charge is 2.32. The zero-order valence-corrected chi connectivity index (χ0v) is 9.56. The number of pyridine rings is 1. The van der Waals surface area contributed by atoms with E-state index in [-0.39, 0.29) is 10.6 Å². The van der Waals surface area contributed by atoms with E-state index in [1.165, 1.54) is 0 Å². The minimum atomic E-state index is -0.514. The van der Waals surface area contributed by atoms with Gasteiger partial charge in [0.15, 0.2) is 0 Å². The average Bonchev–Trinajstić information content (AvgIpc) is 2.41. The Labute approximate surface area is 93.6 Å². The number of hydrogen-bond donors (Lipinski definition) is 1. The Morgan fingerprint density at radius 3 is 2.87 bits per heavy atom. The summed E-state index contributed by atoms with van der Waals surface area (Å²) in [6, 6.07) is 1.78. The molecule has 80 valence electrons. The molecule has 1 amide bonds. The van der Waals surface area contributed by atoms with E-state index in [1.54, 1.807) is 6.07 Å². The predicted octanol–water partition coefficient (Wildman–Crippen LogP) is 2.06. The number of aromatic nitrogens is 1. The molecule has 1 aromatic heterocycles. The van der Waals surface area contributed by atoms with Gasteiger partial charge in [0.25, 0.3) is 5.91 Å². The molecular formula is C11H13ClN2O. The standard InChI is InChI=1S/C11H13ClN2O/c1-11(2)4-3-6-5-7(10(13)15)9(12)14-8(6)11/h5H,3-4H2,1-2H3,(H2,13,15). The first-order valence-electron chi connectivity index (χ1n) is 4.91. The fraction of sp³-hybridized carbons (Fsp3) is 0.455. The molecule has 2 N–H and O–H groups in total. The first-order chi connectivity index (χ1) is 6.92. The summed E-state index contributed by atoms with van der Waals surface area (Å²) >= 11 is 5.92. The van der Waals surface area contributed by atoms with Gasteiger partial charge >= 0.3 is 0 Å². The lowest BCUT2D eigenvalue weighted by molar-refractivity contribution is 0.1000. The van der Waals surface area contributed by atoms with Crippen molar-refractivity contribution in [2.24, 2.45) is 5.73 Å². The van der Waals surface area contributed by atoms with Gasteiger partial charge in [-0.05, 0) is 24.5 Å². The van der Waals surface area contributed by atoms with Crippen molar-refractivity contribution in [2.45, 2.75) is 32.1 Å². The van der Waals surface area contributed by atoms with Crippen LogP contribution in [-0.2, 0) is 11.8 Å². The van der Waals surface area contributed by atoms with Crippen LogP contribution in [0.5, 0.6) is 0 Å². The lowest BCUT2D eigenvalue weighted by atomic mass is 9.90. The molecule has 0 saturated heterocycles. The Bertz CT molecular complexity index is 440. The van der Waals surface area contributed by atoms with Crippen molar-refractivity contribution >= 4 is 17.5 Å². The number of aryl methyl sites for hydroxylation is 1. The van der Waals surface area contributed by atoms with Crippen molar-refractivity contribution < 1.29 is 4.79 Å². The molecule has 0 fully saturated rings. The number of carbonyl (C=O) groups is 1. The van der Waals surface area contributed by atoms with Crippen LogP contribution < -0.4 is 5.73 Å². The Balaban J connectivity index is 2.60. The molecule has 0 bridgehead atoms. The van der Waals surface area contributed by atoms with Gasteiger partial charge in [-0.25, -0.2) is 4.98 Å². The van der Waals surface area contributed by atoms with Crippen molar-refractivity contribution in [3.05, 3.63) is 28.0 Å².